The van der Waals surface area contributed by atoms with Crippen LogP contribution in [0, 0.1) is 12.7 Å². The van der Waals surface area contributed by atoms with Crippen LogP contribution in [0.4, 0.5) is 4.39 Å². The van der Waals surface area contributed by atoms with Gasteiger partial charge in [-0.15, -0.1) is 0 Å². The first kappa shape index (κ1) is 13.6. The maximum atomic E-state index is 12.9. The molecule has 1 atom stereocenters. The highest BCUT2D eigenvalue weighted by molar-refractivity contribution is 5.39. The molecular weight excluding hydrogens is 241 g/mol. The van der Waals surface area contributed by atoms with E-state index in [9.17, 15) is 4.39 Å². The summed E-state index contributed by atoms with van der Waals surface area (Å²) in [5, 5.41) is 0. The summed E-state index contributed by atoms with van der Waals surface area (Å²) in [5.74, 6) is 0.569. The van der Waals surface area contributed by atoms with Gasteiger partial charge in [-0.3, -0.25) is 0 Å². The second-order valence-corrected chi connectivity index (χ2v) is 4.68. The minimum absolute atomic E-state index is 0.166. The monoisotopic (exact) mass is 259 g/mol. The van der Waals surface area contributed by atoms with Gasteiger partial charge >= 0.3 is 0 Å². The van der Waals surface area contributed by atoms with Gasteiger partial charge in [-0.05, 0) is 42.7 Å². The summed E-state index contributed by atoms with van der Waals surface area (Å²) in [6.07, 6.45) is 0.652. The molecule has 0 fully saturated rings. The number of rotatable bonds is 4. The molecule has 0 aliphatic rings. The number of aryl methyl sites for hydroxylation is 1. The lowest BCUT2D eigenvalue weighted by Crippen LogP contribution is -2.14. The smallest absolute Gasteiger partial charge is 0.123 e. The summed E-state index contributed by atoms with van der Waals surface area (Å²) in [6.45, 7) is 2.01. The van der Waals surface area contributed by atoms with E-state index in [0.29, 0.717) is 6.42 Å². The van der Waals surface area contributed by atoms with E-state index in [1.54, 1.807) is 19.2 Å². The van der Waals surface area contributed by atoms with E-state index < -0.39 is 0 Å². The van der Waals surface area contributed by atoms with Crippen molar-refractivity contribution in [3.05, 3.63) is 65.0 Å². The van der Waals surface area contributed by atoms with Crippen LogP contribution in [0.5, 0.6) is 5.75 Å². The van der Waals surface area contributed by atoms with Crippen LogP contribution in [0.3, 0.4) is 0 Å². The first-order chi connectivity index (χ1) is 9.10. The van der Waals surface area contributed by atoms with Crippen molar-refractivity contribution in [1.82, 2.24) is 0 Å². The van der Waals surface area contributed by atoms with Crippen LogP contribution in [0.25, 0.3) is 0 Å². The molecule has 0 bridgehead atoms. The number of ether oxygens (including phenoxy) is 1. The zero-order chi connectivity index (χ0) is 13.8. The van der Waals surface area contributed by atoms with Gasteiger partial charge in [-0.2, -0.15) is 0 Å². The second-order valence-electron chi connectivity index (χ2n) is 4.68. The average molecular weight is 259 g/mol. The van der Waals surface area contributed by atoms with Crippen molar-refractivity contribution in [3.8, 4) is 5.75 Å². The third kappa shape index (κ3) is 3.32. The molecule has 2 N–H and O–H groups in total. The van der Waals surface area contributed by atoms with Crippen LogP contribution >= 0.6 is 0 Å². The molecule has 0 saturated heterocycles. The van der Waals surface area contributed by atoms with Gasteiger partial charge in [0.1, 0.15) is 11.6 Å². The van der Waals surface area contributed by atoms with Gasteiger partial charge in [0.2, 0.25) is 0 Å². The lowest BCUT2D eigenvalue weighted by Gasteiger charge is -2.16. The van der Waals surface area contributed by atoms with Crippen molar-refractivity contribution < 1.29 is 9.13 Å². The van der Waals surface area contributed by atoms with Crippen molar-refractivity contribution in [2.24, 2.45) is 5.73 Å². The Kier molecular flexibility index (Phi) is 4.17. The third-order valence-electron chi connectivity index (χ3n) is 3.16. The predicted octanol–water partition coefficient (Wildman–Crippen LogP) is 3.39. The van der Waals surface area contributed by atoms with Gasteiger partial charge in [0.15, 0.2) is 0 Å². The standard InChI is InChI=1S/C16H18FNO/c1-11-3-8-14(16(9-11)19-2)15(18)10-12-4-6-13(17)7-5-12/h3-9,15H,10,18H2,1-2H3. The zero-order valence-electron chi connectivity index (χ0n) is 11.2. The summed E-state index contributed by atoms with van der Waals surface area (Å²) in [5.41, 5.74) is 9.33. The molecule has 3 heteroatoms. The van der Waals surface area contributed by atoms with Crippen molar-refractivity contribution >= 4 is 0 Å². The number of hydrogen-bond acceptors (Lipinski definition) is 2. The molecule has 0 saturated carbocycles. The lowest BCUT2D eigenvalue weighted by molar-refractivity contribution is 0.405. The van der Waals surface area contributed by atoms with Gasteiger partial charge in [0.25, 0.3) is 0 Å². The predicted molar refractivity (Wildman–Crippen MR) is 74.8 cm³/mol. The molecule has 0 spiro atoms. The second kappa shape index (κ2) is 5.85. The molecule has 2 rings (SSSR count). The minimum Gasteiger partial charge on any atom is -0.496 e. The molecule has 2 nitrogen and oxygen atoms in total. The Bertz CT molecular complexity index is 551. The van der Waals surface area contributed by atoms with Crippen molar-refractivity contribution in [1.29, 1.82) is 0 Å². The molecule has 0 heterocycles. The van der Waals surface area contributed by atoms with Crippen LogP contribution in [-0.4, -0.2) is 7.11 Å². The molecule has 0 amide bonds. The third-order valence-corrected chi connectivity index (χ3v) is 3.16. The maximum Gasteiger partial charge on any atom is 0.123 e. The highest BCUT2D eigenvalue weighted by atomic mass is 19.1. The van der Waals surface area contributed by atoms with Crippen LogP contribution in [0.15, 0.2) is 42.5 Å². The fourth-order valence-electron chi connectivity index (χ4n) is 2.11. The van der Waals surface area contributed by atoms with E-state index in [1.165, 1.54) is 12.1 Å². The van der Waals surface area contributed by atoms with E-state index in [-0.39, 0.29) is 11.9 Å². The molecular formula is C16H18FNO. The quantitative estimate of drug-likeness (QED) is 0.913. The SMILES string of the molecule is COc1cc(C)ccc1C(N)Cc1ccc(F)cc1. The van der Waals surface area contributed by atoms with Crippen LogP contribution in [-0.2, 0) is 6.42 Å². The van der Waals surface area contributed by atoms with Crippen molar-refractivity contribution in [2.45, 2.75) is 19.4 Å². The first-order valence-corrected chi connectivity index (χ1v) is 6.24. The molecule has 100 valence electrons. The Hall–Kier alpha value is -1.87. The Morgan fingerprint density at radius 3 is 2.47 bits per heavy atom. The zero-order valence-corrected chi connectivity index (χ0v) is 11.2. The molecule has 2 aromatic carbocycles. The summed E-state index contributed by atoms with van der Waals surface area (Å²) < 4.78 is 18.2. The summed E-state index contributed by atoms with van der Waals surface area (Å²) in [4.78, 5) is 0. The number of halogens is 1. The number of hydrogen-bond donors (Lipinski definition) is 1. The summed E-state index contributed by atoms with van der Waals surface area (Å²) in [6, 6.07) is 12.2. The summed E-state index contributed by atoms with van der Waals surface area (Å²) in [7, 11) is 1.64. The van der Waals surface area contributed by atoms with Gasteiger partial charge in [0.05, 0.1) is 7.11 Å². The van der Waals surface area contributed by atoms with E-state index in [0.717, 1.165) is 22.4 Å². The van der Waals surface area contributed by atoms with E-state index >= 15 is 0 Å². The van der Waals surface area contributed by atoms with Gasteiger partial charge in [-0.1, -0.05) is 24.3 Å². The fraction of sp³-hybridized carbons (Fsp3) is 0.250. The van der Waals surface area contributed by atoms with Crippen LogP contribution in [0.2, 0.25) is 0 Å². The van der Waals surface area contributed by atoms with E-state index in [4.69, 9.17) is 10.5 Å². The van der Waals surface area contributed by atoms with Crippen LogP contribution < -0.4 is 10.5 Å². The molecule has 19 heavy (non-hydrogen) atoms. The van der Waals surface area contributed by atoms with Gasteiger partial charge in [-0.25, -0.2) is 4.39 Å². The van der Waals surface area contributed by atoms with Gasteiger partial charge < -0.3 is 10.5 Å². The topological polar surface area (TPSA) is 35.2 Å². The average Bonchev–Trinajstić information content (AvgIpc) is 2.41. The maximum absolute atomic E-state index is 12.9. The van der Waals surface area contributed by atoms with Gasteiger partial charge in [0, 0.05) is 11.6 Å². The van der Waals surface area contributed by atoms with Crippen molar-refractivity contribution in [3.63, 3.8) is 0 Å². The largest absolute Gasteiger partial charge is 0.496 e. The summed E-state index contributed by atoms with van der Waals surface area (Å²) >= 11 is 0. The molecule has 0 radical (unpaired) electrons. The Morgan fingerprint density at radius 2 is 1.84 bits per heavy atom. The molecule has 2 aromatic rings. The van der Waals surface area contributed by atoms with Crippen LogP contribution in [0.1, 0.15) is 22.7 Å². The van der Waals surface area contributed by atoms with E-state index in [2.05, 4.69) is 0 Å². The minimum atomic E-state index is -0.231. The number of nitrogens with two attached hydrogens (primary N) is 1. The Balaban J connectivity index is 2.19. The lowest BCUT2D eigenvalue weighted by atomic mass is 9.98. The number of methoxy groups -OCH3 is 1. The Labute approximate surface area is 113 Å². The normalized spacial score (nSPS) is 12.2. The fourth-order valence-corrected chi connectivity index (χ4v) is 2.11. The highest BCUT2D eigenvalue weighted by Gasteiger charge is 2.12. The molecule has 0 aromatic heterocycles. The first-order valence-electron chi connectivity index (χ1n) is 6.24. The molecule has 0 aliphatic heterocycles. The number of benzene rings is 2. The molecule has 0 aliphatic carbocycles. The molecule has 1 unspecified atom stereocenters. The van der Waals surface area contributed by atoms with E-state index in [1.807, 2.05) is 25.1 Å². The van der Waals surface area contributed by atoms with Crippen molar-refractivity contribution in [2.75, 3.05) is 7.11 Å². The highest BCUT2D eigenvalue weighted by Crippen LogP contribution is 2.27. The Morgan fingerprint density at radius 1 is 1.16 bits per heavy atom.